The van der Waals surface area contributed by atoms with Crippen LogP contribution in [0.5, 0.6) is 0 Å². The molecule has 2 aromatic carbocycles. The van der Waals surface area contributed by atoms with Gasteiger partial charge in [0.25, 0.3) is 0 Å². The number of amides is 1. The summed E-state index contributed by atoms with van der Waals surface area (Å²) in [4.78, 5) is 14.0. The molecule has 2 rings (SSSR count). The number of carbonyl (C=O) groups excluding carboxylic acids is 1. The molecule has 1 amide bonds. The summed E-state index contributed by atoms with van der Waals surface area (Å²) in [6, 6.07) is 16.0. The molecule has 0 heterocycles. The fourth-order valence-electron chi connectivity index (χ4n) is 2.07. The molecule has 2 aromatic rings. The maximum atomic E-state index is 12.0. The second-order valence-corrected chi connectivity index (χ2v) is 6.13. The normalized spacial score (nSPS) is 10.7. The Morgan fingerprint density at radius 3 is 2.57 bits per heavy atom. The molecule has 1 N–H and O–H groups in total. The van der Waals surface area contributed by atoms with E-state index >= 15 is 0 Å². The molecule has 0 aromatic heterocycles. The Balaban J connectivity index is 1.86. The van der Waals surface area contributed by atoms with Crippen molar-refractivity contribution in [1.29, 1.82) is 0 Å². The summed E-state index contributed by atoms with van der Waals surface area (Å²) in [6.07, 6.45) is 0. The summed E-state index contributed by atoms with van der Waals surface area (Å²) in [5.41, 5.74) is 3.25. The van der Waals surface area contributed by atoms with E-state index in [1.807, 2.05) is 36.2 Å². The summed E-state index contributed by atoms with van der Waals surface area (Å²) in [5, 5.41) is 2.90. The van der Waals surface area contributed by atoms with Gasteiger partial charge in [-0.2, -0.15) is 0 Å². The number of halogens is 1. The van der Waals surface area contributed by atoms with Crippen molar-refractivity contribution in [2.75, 3.05) is 18.9 Å². The van der Waals surface area contributed by atoms with Gasteiger partial charge in [-0.25, -0.2) is 0 Å². The number of likely N-dealkylation sites (N-methyl/N-ethyl adjacent to an activating group) is 1. The lowest BCUT2D eigenvalue weighted by Crippen LogP contribution is -2.29. The van der Waals surface area contributed by atoms with Crippen LogP contribution in [0.25, 0.3) is 0 Å². The van der Waals surface area contributed by atoms with Crippen molar-refractivity contribution in [3.05, 3.63) is 64.1 Å². The van der Waals surface area contributed by atoms with Crippen LogP contribution in [-0.4, -0.2) is 24.4 Å². The topological polar surface area (TPSA) is 32.3 Å². The lowest BCUT2D eigenvalue weighted by Gasteiger charge is -2.16. The molecule has 0 atom stereocenters. The second-order valence-electron chi connectivity index (χ2n) is 5.22. The fourth-order valence-corrected chi connectivity index (χ4v) is 2.47. The zero-order chi connectivity index (χ0) is 15.2. The molecule has 4 heteroatoms. The SMILES string of the molecule is Cc1ccc(CN(C)CC(=O)Nc2cccc(Br)c2)cc1. The van der Waals surface area contributed by atoms with Crippen LogP contribution in [-0.2, 0) is 11.3 Å². The van der Waals surface area contributed by atoms with E-state index in [4.69, 9.17) is 0 Å². The average Bonchev–Trinajstić information content (AvgIpc) is 2.41. The molecule has 0 saturated heterocycles. The number of benzene rings is 2. The van der Waals surface area contributed by atoms with E-state index in [1.54, 1.807) is 0 Å². The summed E-state index contributed by atoms with van der Waals surface area (Å²) < 4.78 is 0.952. The summed E-state index contributed by atoms with van der Waals surface area (Å²) in [6.45, 7) is 3.19. The quantitative estimate of drug-likeness (QED) is 0.892. The van der Waals surface area contributed by atoms with Gasteiger partial charge in [-0.15, -0.1) is 0 Å². The number of carbonyl (C=O) groups is 1. The predicted molar refractivity (Wildman–Crippen MR) is 90.3 cm³/mol. The van der Waals surface area contributed by atoms with Crippen LogP contribution in [0.2, 0.25) is 0 Å². The number of hydrogen-bond donors (Lipinski definition) is 1. The van der Waals surface area contributed by atoms with Crippen LogP contribution in [0.3, 0.4) is 0 Å². The number of aryl methyl sites for hydroxylation is 1. The minimum atomic E-state index is -0.0114. The molecule has 0 aliphatic rings. The van der Waals surface area contributed by atoms with Crippen molar-refractivity contribution in [3.8, 4) is 0 Å². The Labute approximate surface area is 134 Å². The van der Waals surface area contributed by atoms with Gasteiger partial charge in [-0.3, -0.25) is 9.69 Å². The number of nitrogens with one attached hydrogen (secondary N) is 1. The number of nitrogens with zero attached hydrogens (tertiary/aromatic N) is 1. The van der Waals surface area contributed by atoms with E-state index < -0.39 is 0 Å². The molecule has 0 aliphatic heterocycles. The number of anilines is 1. The molecule has 21 heavy (non-hydrogen) atoms. The Kier molecular flexibility index (Phi) is 5.53. The van der Waals surface area contributed by atoms with Gasteiger partial charge in [0, 0.05) is 16.7 Å². The van der Waals surface area contributed by atoms with Crippen LogP contribution >= 0.6 is 15.9 Å². The number of hydrogen-bond acceptors (Lipinski definition) is 2. The van der Waals surface area contributed by atoms with Crippen molar-refractivity contribution in [2.24, 2.45) is 0 Å². The first-order valence-electron chi connectivity index (χ1n) is 6.82. The van der Waals surface area contributed by atoms with Crippen LogP contribution in [0, 0.1) is 6.92 Å². The molecular formula is C17H19BrN2O. The first kappa shape index (κ1) is 15.7. The minimum Gasteiger partial charge on any atom is -0.325 e. The highest BCUT2D eigenvalue weighted by atomic mass is 79.9. The van der Waals surface area contributed by atoms with Gasteiger partial charge in [0.1, 0.15) is 0 Å². The van der Waals surface area contributed by atoms with Crippen LogP contribution in [0.4, 0.5) is 5.69 Å². The van der Waals surface area contributed by atoms with Gasteiger partial charge in [-0.1, -0.05) is 51.8 Å². The summed E-state index contributed by atoms with van der Waals surface area (Å²) in [7, 11) is 1.94. The standard InChI is InChI=1S/C17H19BrN2O/c1-13-6-8-14(9-7-13)11-20(2)12-17(21)19-16-5-3-4-15(18)10-16/h3-10H,11-12H2,1-2H3,(H,19,21). The first-order chi connectivity index (χ1) is 10.0. The maximum absolute atomic E-state index is 12.0. The monoisotopic (exact) mass is 346 g/mol. The molecular weight excluding hydrogens is 328 g/mol. The van der Waals surface area contributed by atoms with E-state index in [0.717, 1.165) is 16.7 Å². The van der Waals surface area contributed by atoms with Gasteiger partial charge in [0.2, 0.25) is 5.91 Å². The van der Waals surface area contributed by atoms with E-state index in [-0.39, 0.29) is 5.91 Å². The summed E-state index contributed by atoms with van der Waals surface area (Å²) >= 11 is 3.39. The molecule has 3 nitrogen and oxygen atoms in total. The van der Waals surface area contributed by atoms with Crippen molar-refractivity contribution in [3.63, 3.8) is 0 Å². The highest BCUT2D eigenvalue weighted by molar-refractivity contribution is 9.10. The zero-order valence-electron chi connectivity index (χ0n) is 12.3. The Bertz CT molecular complexity index is 610. The molecule has 0 radical (unpaired) electrons. The lowest BCUT2D eigenvalue weighted by molar-refractivity contribution is -0.117. The molecule has 0 unspecified atom stereocenters. The van der Waals surface area contributed by atoms with Crippen LogP contribution in [0.15, 0.2) is 53.0 Å². The van der Waals surface area contributed by atoms with Gasteiger partial charge < -0.3 is 5.32 Å². The summed E-state index contributed by atoms with van der Waals surface area (Å²) in [5.74, 6) is -0.0114. The molecule has 110 valence electrons. The van der Waals surface area contributed by atoms with Gasteiger partial charge >= 0.3 is 0 Å². The second kappa shape index (κ2) is 7.38. The van der Waals surface area contributed by atoms with Crippen molar-refractivity contribution in [1.82, 2.24) is 4.90 Å². The molecule has 0 spiro atoms. The molecule has 0 fully saturated rings. The highest BCUT2D eigenvalue weighted by Gasteiger charge is 2.07. The van der Waals surface area contributed by atoms with E-state index in [9.17, 15) is 4.79 Å². The van der Waals surface area contributed by atoms with Gasteiger partial charge in [-0.05, 0) is 37.7 Å². The maximum Gasteiger partial charge on any atom is 0.238 e. The zero-order valence-corrected chi connectivity index (χ0v) is 13.9. The smallest absolute Gasteiger partial charge is 0.238 e. The van der Waals surface area contributed by atoms with Crippen LogP contribution in [0.1, 0.15) is 11.1 Å². The molecule has 0 aliphatic carbocycles. The Hall–Kier alpha value is -1.65. The average molecular weight is 347 g/mol. The van der Waals surface area contributed by atoms with Crippen molar-refractivity contribution in [2.45, 2.75) is 13.5 Å². The molecule has 0 saturated carbocycles. The third-order valence-corrected chi connectivity index (χ3v) is 3.59. The Morgan fingerprint density at radius 1 is 1.19 bits per heavy atom. The van der Waals surface area contributed by atoms with Gasteiger partial charge in [0.15, 0.2) is 0 Å². The third kappa shape index (κ3) is 5.33. The van der Waals surface area contributed by atoms with Crippen molar-refractivity contribution >= 4 is 27.5 Å². The third-order valence-electron chi connectivity index (χ3n) is 3.09. The minimum absolute atomic E-state index is 0.0114. The lowest BCUT2D eigenvalue weighted by atomic mass is 10.1. The van der Waals surface area contributed by atoms with E-state index in [1.165, 1.54) is 11.1 Å². The predicted octanol–water partition coefficient (Wildman–Crippen LogP) is 3.83. The largest absolute Gasteiger partial charge is 0.325 e. The first-order valence-corrected chi connectivity index (χ1v) is 7.62. The fraction of sp³-hybridized carbons (Fsp3) is 0.235. The van der Waals surface area contributed by atoms with E-state index in [0.29, 0.717) is 6.54 Å². The molecule has 0 bridgehead atoms. The van der Waals surface area contributed by atoms with E-state index in [2.05, 4.69) is 52.4 Å². The van der Waals surface area contributed by atoms with Gasteiger partial charge in [0.05, 0.1) is 6.54 Å². The Morgan fingerprint density at radius 2 is 1.90 bits per heavy atom. The number of rotatable bonds is 5. The van der Waals surface area contributed by atoms with Crippen molar-refractivity contribution < 1.29 is 4.79 Å². The highest BCUT2D eigenvalue weighted by Crippen LogP contribution is 2.15. The van der Waals surface area contributed by atoms with Crippen LogP contribution < -0.4 is 5.32 Å².